The molecule has 0 unspecified atom stereocenters. The van der Waals surface area contributed by atoms with Gasteiger partial charge < -0.3 is 19.3 Å². The van der Waals surface area contributed by atoms with Gasteiger partial charge in [-0.25, -0.2) is 0 Å². The maximum absolute atomic E-state index is 13.8. The number of ether oxygens (including phenoxy) is 2. The van der Waals surface area contributed by atoms with Gasteiger partial charge in [-0.2, -0.15) is 0 Å². The highest BCUT2D eigenvalue weighted by atomic mass is 35.5. The summed E-state index contributed by atoms with van der Waals surface area (Å²) in [5.74, 6) is 1.30. The maximum Gasteiger partial charge on any atom is 0.232 e. The highest BCUT2D eigenvalue weighted by Crippen LogP contribution is 2.44. The Labute approximate surface area is 236 Å². The van der Waals surface area contributed by atoms with Gasteiger partial charge in [0.2, 0.25) is 11.8 Å². The lowest BCUT2D eigenvalue weighted by Crippen LogP contribution is -2.41. The van der Waals surface area contributed by atoms with Crippen LogP contribution in [0.1, 0.15) is 75.4 Å². The van der Waals surface area contributed by atoms with Crippen molar-refractivity contribution in [1.29, 1.82) is 0 Å². The minimum absolute atomic E-state index is 0.0134. The van der Waals surface area contributed by atoms with Gasteiger partial charge in [-0.3, -0.25) is 9.59 Å². The van der Waals surface area contributed by atoms with Gasteiger partial charge >= 0.3 is 0 Å². The standard InChI is InChI=1S/C32H37ClN2O4/c1-7-20(3)39-30-19-28-25(17-29(30)38-6)18-31(37)35(32(28)24-9-13-26(33)14-10-24)27-15-11-23(12-16-27)21(4)34(8-2)22(5)36/h9-17,19-21,32H,7-8,18H2,1-6H3/t20-,21+,32-/m1/s1. The molecular formula is C32H37ClN2O4. The zero-order valence-corrected chi connectivity index (χ0v) is 24.3. The molecule has 0 spiro atoms. The molecular weight excluding hydrogens is 512 g/mol. The van der Waals surface area contributed by atoms with Gasteiger partial charge in [-0.15, -0.1) is 0 Å². The highest BCUT2D eigenvalue weighted by Gasteiger charge is 2.36. The lowest BCUT2D eigenvalue weighted by Gasteiger charge is -2.38. The summed E-state index contributed by atoms with van der Waals surface area (Å²) in [5, 5.41) is 0.632. The third kappa shape index (κ3) is 5.91. The number of carbonyl (C=O) groups is 2. The fourth-order valence-electron chi connectivity index (χ4n) is 5.24. The topological polar surface area (TPSA) is 59.1 Å². The van der Waals surface area contributed by atoms with Crippen molar-refractivity contribution in [3.05, 3.63) is 87.9 Å². The average molecular weight is 549 g/mol. The first kappa shape index (κ1) is 28.5. The fraction of sp³-hybridized carbons (Fsp3) is 0.375. The van der Waals surface area contributed by atoms with Crippen molar-refractivity contribution in [1.82, 2.24) is 4.90 Å². The van der Waals surface area contributed by atoms with Crippen molar-refractivity contribution >= 4 is 29.1 Å². The van der Waals surface area contributed by atoms with Crippen molar-refractivity contribution in [2.45, 2.75) is 65.6 Å². The molecule has 0 saturated carbocycles. The minimum Gasteiger partial charge on any atom is -0.493 e. The van der Waals surface area contributed by atoms with Crippen molar-refractivity contribution < 1.29 is 19.1 Å². The van der Waals surface area contributed by atoms with Crippen LogP contribution in [-0.4, -0.2) is 36.5 Å². The Bertz CT molecular complexity index is 1320. The van der Waals surface area contributed by atoms with E-state index in [9.17, 15) is 9.59 Å². The van der Waals surface area contributed by atoms with Crippen LogP contribution in [0, 0.1) is 0 Å². The van der Waals surface area contributed by atoms with Crippen molar-refractivity contribution in [2.75, 3.05) is 18.6 Å². The molecule has 4 rings (SSSR count). The van der Waals surface area contributed by atoms with E-state index in [1.165, 1.54) is 0 Å². The molecule has 0 aliphatic carbocycles. The third-order valence-corrected chi connectivity index (χ3v) is 7.80. The molecule has 3 atom stereocenters. The zero-order chi connectivity index (χ0) is 28.3. The summed E-state index contributed by atoms with van der Waals surface area (Å²) in [4.78, 5) is 29.5. The molecule has 0 radical (unpaired) electrons. The molecule has 6 nitrogen and oxygen atoms in total. The van der Waals surface area contributed by atoms with E-state index in [1.54, 1.807) is 14.0 Å². The van der Waals surface area contributed by atoms with Gasteiger partial charge in [0.05, 0.1) is 31.7 Å². The smallest absolute Gasteiger partial charge is 0.232 e. The van der Waals surface area contributed by atoms with E-state index in [4.69, 9.17) is 21.1 Å². The number of hydrogen-bond acceptors (Lipinski definition) is 4. The number of rotatable bonds is 9. The van der Waals surface area contributed by atoms with Crippen LogP contribution >= 0.6 is 11.6 Å². The summed E-state index contributed by atoms with van der Waals surface area (Å²) in [7, 11) is 1.62. The van der Waals surface area contributed by atoms with E-state index in [-0.39, 0.29) is 36.4 Å². The molecule has 0 fully saturated rings. The SMILES string of the molecule is CC[C@@H](C)Oc1cc2c(cc1OC)CC(=O)N(c1ccc([C@H](C)N(CC)C(C)=O)cc1)[C@@H]2c1ccc(Cl)cc1. The lowest BCUT2D eigenvalue weighted by molar-refractivity contribution is -0.130. The predicted octanol–water partition coefficient (Wildman–Crippen LogP) is 7.13. The molecule has 1 aliphatic rings. The van der Waals surface area contributed by atoms with Crippen molar-refractivity contribution in [3.63, 3.8) is 0 Å². The zero-order valence-electron chi connectivity index (χ0n) is 23.5. The summed E-state index contributed by atoms with van der Waals surface area (Å²) in [6.45, 7) is 10.3. The van der Waals surface area contributed by atoms with Crippen LogP contribution in [0.2, 0.25) is 5.02 Å². The van der Waals surface area contributed by atoms with Gasteiger partial charge in [-0.05, 0) is 85.8 Å². The molecule has 3 aromatic rings. The van der Waals surface area contributed by atoms with Gasteiger partial charge in [0, 0.05) is 24.2 Å². The second-order valence-corrected chi connectivity index (χ2v) is 10.4. The number of hydrogen-bond donors (Lipinski definition) is 0. The molecule has 0 saturated heterocycles. The van der Waals surface area contributed by atoms with Gasteiger partial charge in [0.15, 0.2) is 11.5 Å². The molecule has 0 N–H and O–H groups in total. The quantitative estimate of drug-likeness (QED) is 0.285. The minimum atomic E-state index is -0.378. The third-order valence-electron chi connectivity index (χ3n) is 7.54. The average Bonchev–Trinajstić information content (AvgIpc) is 2.93. The first-order valence-electron chi connectivity index (χ1n) is 13.5. The second-order valence-electron chi connectivity index (χ2n) is 10.0. The summed E-state index contributed by atoms with van der Waals surface area (Å²) >= 11 is 6.23. The number of amides is 2. The molecule has 0 bridgehead atoms. The molecule has 1 aliphatic heterocycles. The molecule has 7 heteroatoms. The van der Waals surface area contributed by atoms with Crippen LogP contribution in [0.3, 0.4) is 0 Å². The Hall–Kier alpha value is -3.51. The Balaban J connectivity index is 1.82. The van der Waals surface area contributed by atoms with Crippen LogP contribution in [0.5, 0.6) is 11.5 Å². The predicted molar refractivity (Wildman–Crippen MR) is 156 cm³/mol. The Kier molecular flexibility index (Phi) is 8.86. The Morgan fingerprint density at radius 3 is 2.28 bits per heavy atom. The fourth-order valence-corrected chi connectivity index (χ4v) is 5.36. The first-order valence-corrected chi connectivity index (χ1v) is 13.9. The second kappa shape index (κ2) is 12.1. The van der Waals surface area contributed by atoms with Crippen LogP contribution in [0.15, 0.2) is 60.7 Å². The van der Waals surface area contributed by atoms with Gasteiger partial charge in [0.25, 0.3) is 0 Å². The van der Waals surface area contributed by atoms with Crippen LogP contribution < -0.4 is 14.4 Å². The number of fused-ring (bicyclic) bond motifs is 1. The Morgan fingerprint density at radius 1 is 1.05 bits per heavy atom. The summed E-state index contributed by atoms with van der Waals surface area (Å²) in [5.41, 5.74) is 4.64. The van der Waals surface area contributed by atoms with E-state index in [2.05, 4.69) is 6.92 Å². The van der Waals surface area contributed by atoms with Gasteiger partial charge in [-0.1, -0.05) is 42.8 Å². The lowest BCUT2D eigenvalue weighted by atomic mass is 9.86. The summed E-state index contributed by atoms with van der Waals surface area (Å²) in [6.07, 6.45) is 1.11. The van der Waals surface area contributed by atoms with Crippen LogP contribution in [0.4, 0.5) is 5.69 Å². The van der Waals surface area contributed by atoms with E-state index in [0.29, 0.717) is 23.1 Å². The van der Waals surface area contributed by atoms with Crippen molar-refractivity contribution in [2.24, 2.45) is 0 Å². The van der Waals surface area contributed by atoms with Crippen LogP contribution in [0.25, 0.3) is 0 Å². The first-order chi connectivity index (χ1) is 18.7. The molecule has 1 heterocycles. The van der Waals surface area contributed by atoms with E-state index in [1.807, 2.05) is 91.2 Å². The van der Waals surface area contributed by atoms with Crippen LogP contribution in [-0.2, 0) is 16.0 Å². The number of carbonyl (C=O) groups excluding carboxylic acids is 2. The monoisotopic (exact) mass is 548 g/mol. The highest BCUT2D eigenvalue weighted by molar-refractivity contribution is 6.30. The molecule has 3 aromatic carbocycles. The number of nitrogens with zero attached hydrogens (tertiary/aromatic N) is 2. The molecule has 206 valence electrons. The number of anilines is 1. The van der Waals surface area contributed by atoms with E-state index >= 15 is 0 Å². The van der Waals surface area contributed by atoms with Crippen molar-refractivity contribution in [3.8, 4) is 11.5 Å². The molecule has 2 amide bonds. The number of benzene rings is 3. The summed E-state index contributed by atoms with van der Waals surface area (Å²) < 4.78 is 11.9. The number of halogens is 1. The summed E-state index contributed by atoms with van der Waals surface area (Å²) in [6, 6.07) is 19.0. The Morgan fingerprint density at radius 2 is 1.72 bits per heavy atom. The molecule has 39 heavy (non-hydrogen) atoms. The van der Waals surface area contributed by atoms with E-state index in [0.717, 1.165) is 34.4 Å². The van der Waals surface area contributed by atoms with E-state index < -0.39 is 0 Å². The molecule has 0 aromatic heterocycles. The largest absolute Gasteiger partial charge is 0.493 e. The number of methoxy groups -OCH3 is 1. The maximum atomic E-state index is 13.8. The normalized spacial score (nSPS) is 16.3. The van der Waals surface area contributed by atoms with Gasteiger partial charge in [0.1, 0.15) is 0 Å².